The number of nitrogens with one attached hydrogen (secondary N) is 1. The molecule has 1 aromatic carbocycles. The predicted molar refractivity (Wildman–Crippen MR) is 94.2 cm³/mol. The van der Waals surface area contributed by atoms with Crippen molar-refractivity contribution in [3.05, 3.63) is 49.4 Å². The van der Waals surface area contributed by atoms with Crippen LogP contribution in [-0.2, 0) is 6.54 Å². The fourth-order valence-electron chi connectivity index (χ4n) is 2.14. The molecule has 0 spiro atoms. The Bertz CT molecular complexity index is 822. The van der Waals surface area contributed by atoms with E-state index in [1.807, 2.05) is 37.3 Å². The summed E-state index contributed by atoms with van der Waals surface area (Å²) in [7, 11) is 0. The van der Waals surface area contributed by atoms with Gasteiger partial charge in [0.1, 0.15) is 4.88 Å². The molecule has 0 saturated carbocycles. The van der Waals surface area contributed by atoms with Crippen molar-refractivity contribution in [3.63, 3.8) is 0 Å². The van der Waals surface area contributed by atoms with Crippen LogP contribution in [0.3, 0.4) is 0 Å². The minimum Gasteiger partial charge on any atom is -0.397 e. The van der Waals surface area contributed by atoms with Crippen molar-refractivity contribution in [2.45, 2.75) is 13.5 Å². The van der Waals surface area contributed by atoms with Crippen LogP contribution >= 0.6 is 38.6 Å². The summed E-state index contributed by atoms with van der Waals surface area (Å²) >= 11 is 6.48. The third-order valence-corrected chi connectivity index (χ3v) is 6.19. The zero-order valence-corrected chi connectivity index (χ0v) is 14.5. The summed E-state index contributed by atoms with van der Waals surface area (Å²) in [4.78, 5) is 14.0. The van der Waals surface area contributed by atoms with E-state index in [9.17, 15) is 4.79 Å². The Hall–Kier alpha value is -1.37. The molecule has 0 aliphatic heterocycles. The van der Waals surface area contributed by atoms with Crippen molar-refractivity contribution in [2.75, 3.05) is 5.73 Å². The second kappa shape index (κ2) is 5.79. The number of benzene rings is 1. The third kappa shape index (κ3) is 2.84. The van der Waals surface area contributed by atoms with Crippen molar-refractivity contribution >= 4 is 60.3 Å². The Morgan fingerprint density at radius 2 is 2.10 bits per heavy atom. The Labute approximate surface area is 138 Å². The van der Waals surface area contributed by atoms with Gasteiger partial charge in [0.2, 0.25) is 0 Å². The predicted octanol–water partition coefficient (Wildman–Crippen LogP) is 4.55. The van der Waals surface area contributed by atoms with Gasteiger partial charge in [0, 0.05) is 15.0 Å². The number of halogens is 1. The number of nitrogens with two attached hydrogens (primary N) is 1. The van der Waals surface area contributed by atoms with Gasteiger partial charge >= 0.3 is 0 Å². The molecule has 0 aliphatic carbocycles. The van der Waals surface area contributed by atoms with Gasteiger partial charge in [-0.25, -0.2) is 0 Å². The van der Waals surface area contributed by atoms with E-state index < -0.39 is 0 Å². The molecule has 3 rings (SSSR count). The molecular formula is C15H13BrN2OS2. The number of hydrogen-bond donors (Lipinski definition) is 2. The molecule has 2 aromatic heterocycles. The lowest BCUT2D eigenvalue weighted by molar-refractivity contribution is 0.0956. The molecule has 0 saturated heterocycles. The van der Waals surface area contributed by atoms with Crippen molar-refractivity contribution in [1.82, 2.24) is 5.32 Å². The maximum atomic E-state index is 12.3. The second-order valence-electron chi connectivity index (χ2n) is 4.68. The van der Waals surface area contributed by atoms with Crippen LogP contribution in [0.5, 0.6) is 0 Å². The quantitative estimate of drug-likeness (QED) is 0.700. The molecule has 0 atom stereocenters. The average molecular weight is 381 g/mol. The second-order valence-corrected chi connectivity index (χ2v) is 8.25. The van der Waals surface area contributed by atoms with Crippen molar-refractivity contribution in [3.8, 4) is 0 Å². The number of hydrogen-bond acceptors (Lipinski definition) is 4. The third-order valence-electron chi connectivity index (χ3n) is 3.21. The zero-order chi connectivity index (χ0) is 15.0. The van der Waals surface area contributed by atoms with Gasteiger partial charge in [-0.1, -0.05) is 18.2 Å². The number of rotatable bonds is 3. The molecular weight excluding hydrogens is 368 g/mol. The maximum absolute atomic E-state index is 12.3. The van der Waals surface area contributed by atoms with E-state index in [0.717, 1.165) is 24.3 Å². The number of carbonyl (C=O) groups is 1. The van der Waals surface area contributed by atoms with Crippen LogP contribution in [0.1, 0.15) is 20.1 Å². The Morgan fingerprint density at radius 1 is 1.29 bits per heavy atom. The summed E-state index contributed by atoms with van der Waals surface area (Å²) in [6, 6.07) is 9.92. The molecule has 2 heterocycles. The molecule has 0 bridgehead atoms. The normalized spacial score (nSPS) is 11.0. The van der Waals surface area contributed by atoms with Gasteiger partial charge in [-0.05, 0) is 40.5 Å². The molecule has 0 unspecified atom stereocenters. The van der Waals surface area contributed by atoms with Gasteiger partial charge in [0.15, 0.2) is 0 Å². The largest absolute Gasteiger partial charge is 0.397 e. The summed E-state index contributed by atoms with van der Waals surface area (Å²) < 4.78 is 2.14. The number of nitrogen functional groups attached to an aromatic ring is 1. The number of carbonyl (C=O) groups excluding carboxylic acids is 1. The fourth-order valence-corrected chi connectivity index (χ4v) is 4.67. The van der Waals surface area contributed by atoms with Crippen LogP contribution in [0.25, 0.3) is 10.1 Å². The van der Waals surface area contributed by atoms with E-state index in [1.165, 1.54) is 11.3 Å². The fraction of sp³-hybridized carbons (Fsp3) is 0.133. The first-order valence-corrected chi connectivity index (χ1v) is 8.79. The number of amides is 1. The van der Waals surface area contributed by atoms with E-state index in [2.05, 4.69) is 21.2 Å². The van der Waals surface area contributed by atoms with Gasteiger partial charge in [-0.2, -0.15) is 0 Å². The molecule has 3 nitrogen and oxygen atoms in total. The average Bonchev–Trinajstić information content (AvgIpc) is 3.02. The van der Waals surface area contributed by atoms with Crippen molar-refractivity contribution < 1.29 is 4.79 Å². The highest BCUT2D eigenvalue weighted by atomic mass is 79.9. The number of aryl methyl sites for hydroxylation is 1. The molecule has 6 heteroatoms. The lowest BCUT2D eigenvalue weighted by Crippen LogP contribution is -2.22. The highest BCUT2D eigenvalue weighted by Gasteiger charge is 2.17. The van der Waals surface area contributed by atoms with E-state index >= 15 is 0 Å². The molecule has 0 fully saturated rings. The molecule has 21 heavy (non-hydrogen) atoms. The van der Waals surface area contributed by atoms with Crippen LogP contribution in [-0.4, -0.2) is 5.91 Å². The van der Waals surface area contributed by atoms with Gasteiger partial charge in [0.05, 0.1) is 16.0 Å². The monoisotopic (exact) mass is 380 g/mol. The molecule has 0 aliphatic rings. The Morgan fingerprint density at radius 3 is 2.76 bits per heavy atom. The molecule has 3 aromatic rings. The molecule has 0 radical (unpaired) electrons. The summed E-state index contributed by atoms with van der Waals surface area (Å²) in [6.45, 7) is 2.55. The SMILES string of the molecule is Cc1cccc2c(N)c(C(=O)NCc3ccc(Br)s3)sc12. The highest BCUT2D eigenvalue weighted by Crippen LogP contribution is 2.35. The van der Waals surface area contributed by atoms with E-state index in [0.29, 0.717) is 17.1 Å². The molecule has 108 valence electrons. The van der Waals surface area contributed by atoms with E-state index in [-0.39, 0.29) is 5.91 Å². The standard InChI is InChI=1S/C15H13BrN2OS2/c1-8-3-2-4-10-12(17)14(21-13(8)10)15(19)18-7-9-5-6-11(16)20-9/h2-6H,7,17H2,1H3,(H,18,19). The number of anilines is 1. The first-order valence-electron chi connectivity index (χ1n) is 6.36. The molecule has 3 N–H and O–H groups in total. The topological polar surface area (TPSA) is 55.1 Å². The summed E-state index contributed by atoms with van der Waals surface area (Å²) in [5.41, 5.74) is 7.84. The first-order chi connectivity index (χ1) is 10.1. The van der Waals surface area contributed by atoms with Crippen LogP contribution in [0.15, 0.2) is 34.1 Å². The van der Waals surface area contributed by atoms with Crippen LogP contribution in [0.4, 0.5) is 5.69 Å². The zero-order valence-electron chi connectivity index (χ0n) is 11.3. The lowest BCUT2D eigenvalue weighted by atomic mass is 10.1. The number of fused-ring (bicyclic) bond motifs is 1. The Kier molecular flexibility index (Phi) is 4.01. The van der Waals surface area contributed by atoms with E-state index in [4.69, 9.17) is 5.73 Å². The minimum atomic E-state index is -0.113. The van der Waals surface area contributed by atoms with Gasteiger partial charge < -0.3 is 11.1 Å². The van der Waals surface area contributed by atoms with Gasteiger partial charge in [-0.3, -0.25) is 4.79 Å². The van der Waals surface area contributed by atoms with Crippen LogP contribution in [0, 0.1) is 6.92 Å². The van der Waals surface area contributed by atoms with Crippen molar-refractivity contribution in [2.24, 2.45) is 0 Å². The van der Waals surface area contributed by atoms with Crippen LogP contribution < -0.4 is 11.1 Å². The summed E-state index contributed by atoms with van der Waals surface area (Å²) in [5, 5.41) is 3.89. The van der Waals surface area contributed by atoms with Crippen LogP contribution in [0.2, 0.25) is 0 Å². The van der Waals surface area contributed by atoms with E-state index in [1.54, 1.807) is 11.3 Å². The highest BCUT2D eigenvalue weighted by molar-refractivity contribution is 9.11. The first kappa shape index (κ1) is 14.6. The Balaban J connectivity index is 1.84. The minimum absolute atomic E-state index is 0.113. The molecule has 1 amide bonds. The lowest BCUT2D eigenvalue weighted by Gasteiger charge is -2.02. The van der Waals surface area contributed by atoms with Gasteiger partial charge in [-0.15, -0.1) is 22.7 Å². The van der Waals surface area contributed by atoms with Gasteiger partial charge in [0.25, 0.3) is 5.91 Å². The summed E-state index contributed by atoms with van der Waals surface area (Å²) in [5.74, 6) is -0.113. The maximum Gasteiger partial charge on any atom is 0.263 e. The van der Waals surface area contributed by atoms with Crippen molar-refractivity contribution in [1.29, 1.82) is 0 Å². The number of thiophene rings is 2. The summed E-state index contributed by atoms with van der Waals surface area (Å²) in [6.07, 6.45) is 0. The smallest absolute Gasteiger partial charge is 0.263 e.